The summed E-state index contributed by atoms with van der Waals surface area (Å²) in [5.74, 6) is -4.31. The summed E-state index contributed by atoms with van der Waals surface area (Å²) >= 11 is 0. The first kappa shape index (κ1) is 28.9. The molecule has 0 bridgehead atoms. The number of halogens is 4. The van der Waals surface area contributed by atoms with Gasteiger partial charge in [0.1, 0.15) is 24.0 Å². The molecule has 0 spiro atoms. The molecule has 2 aliphatic rings. The zero-order valence-corrected chi connectivity index (χ0v) is 22.5. The summed E-state index contributed by atoms with van der Waals surface area (Å²) < 4.78 is 69.0. The minimum atomic E-state index is -1.11. The van der Waals surface area contributed by atoms with Crippen LogP contribution < -0.4 is 9.47 Å². The molecule has 0 radical (unpaired) electrons. The quantitative estimate of drug-likeness (QED) is 0.137. The standard InChI is InChI=1S/C32H36F4O3/c1-3-5-7-8-20-9-10-22-15-23(12-11-21(22)14-20)30-26(33)16-24(17-27(30)34)32(37)39-25-18-28(35)31(29(36)19-25)38-13-6-4-2/h3-6,16-23H,7-15H2,1-2H3/b5-3+,6-4+. The third-order valence-corrected chi connectivity index (χ3v) is 8.16. The molecule has 4 atom stereocenters. The van der Waals surface area contributed by atoms with Crippen LogP contribution in [0.4, 0.5) is 17.6 Å². The minimum Gasteiger partial charge on any atom is -0.483 e. The summed E-state index contributed by atoms with van der Waals surface area (Å²) in [5, 5.41) is 0. The van der Waals surface area contributed by atoms with Gasteiger partial charge < -0.3 is 9.47 Å². The van der Waals surface area contributed by atoms with Crippen LogP contribution in [0.15, 0.2) is 48.6 Å². The van der Waals surface area contributed by atoms with Crippen LogP contribution in [0.3, 0.4) is 0 Å². The molecule has 3 nitrogen and oxygen atoms in total. The summed E-state index contributed by atoms with van der Waals surface area (Å²) in [5.41, 5.74) is -0.349. The summed E-state index contributed by atoms with van der Waals surface area (Å²) in [6, 6.07) is 3.49. The zero-order valence-electron chi connectivity index (χ0n) is 22.5. The van der Waals surface area contributed by atoms with E-state index in [2.05, 4.69) is 12.2 Å². The van der Waals surface area contributed by atoms with E-state index in [1.54, 1.807) is 19.1 Å². The molecule has 2 aliphatic carbocycles. The predicted octanol–water partition coefficient (Wildman–Crippen LogP) is 9.07. The molecule has 2 aromatic carbocycles. The lowest BCUT2D eigenvalue weighted by Crippen LogP contribution is -2.31. The van der Waals surface area contributed by atoms with Crippen molar-refractivity contribution in [3.63, 3.8) is 0 Å². The van der Waals surface area contributed by atoms with Gasteiger partial charge in [0.2, 0.25) is 0 Å². The van der Waals surface area contributed by atoms with Crippen LogP contribution in [0.5, 0.6) is 11.5 Å². The molecule has 210 valence electrons. The number of fused-ring (bicyclic) bond motifs is 1. The number of esters is 1. The number of hydrogen-bond acceptors (Lipinski definition) is 3. The monoisotopic (exact) mass is 544 g/mol. The third-order valence-electron chi connectivity index (χ3n) is 8.16. The molecule has 0 saturated heterocycles. The molecule has 2 fully saturated rings. The average Bonchev–Trinajstić information content (AvgIpc) is 2.90. The topological polar surface area (TPSA) is 35.5 Å². The molecule has 4 unspecified atom stereocenters. The Morgan fingerprint density at radius 2 is 1.49 bits per heavy atom. The first-order valence-electron chi connectivity index (χ1n) is 13.9. The third kappa shape index (κ3) is 7.11. The molecule has 0 N–H and O–H groups in total. The Balaban J connectivity index is 1.41. The molecule has 39 heavy (non-hydrogen) atoms. The number of hydrogen-bond donors (Lipinski definition) is 0. The Labute approximate surface area is 227 Å². The van der Waals surface area contributed by atoms with E-state index in [1.807, 2.05) is 6.92 Å². The highest BCUT2D eigenvalue weighted by molar-refractivity contribution is 5.91. The smallest absolute Gasteiger partial charge is 0.343 e. The van der Waals surface area contributed by atoms with Crippen molar-refractivity contribution >= 4 is 5.97 Å². The molecule has 0 aliphatic heterocycles. The molecule has 7 heteroatoms. The Hall–Kier alpha value is -3.09. The Morgan fingerprint density at radius 3 is 2.15 bits per heavy atom. The largest absolute Gasteiger partial charge is 0.483 e. The van der Waals surface area contributed by atoms with Crippen LogP contribution in [0.25, 0.3) is 0 Å². The lowest BCUT2D eigenvalue weighted by Gasteiger charge is -2.42. The van der Waals surface area contributed by atoms with Gasteiger partial charge in [-0.3, -0.25) is 0 Å². The molecule has 0 aromatic heterocycles. The summed E-state index contributed by atoms with van der Waals surface area (Å²) in [6.07, 6.45) is 15.7. The number of carbonyl (C=O) groups excluding carboxylic acids is 1. The van der Waals surface area contributed by atoms with Crippen LogP contribution in [0.2, 0.25) is 0 Å². The second-order valence-corrected chi connectivity index (χ2v) is 10.7. The highest BCUT2D eigenvalue weighted by atomic mass is 19.1. The van der Waals surface area contributed by atoms with Gasteiger partial charge in [0.05, 0.1) is 5.56 Å². The second-order valence-electron chi connectivity index (χ2n) is 10.7. The molecular weight excluding hydrogens is 508 g/mol. The summed E-state index contributed by atoms with van der Waals surface area (Å²) in [4.78, 5) is 12.6. The first-order chi connectivity index (χ1) is 18.8. The van der Waals surface area contributed by atoms with E-state index < -0.39 is 40.7 Å². The van der Waals surface area contributed by atoms with Crippen molar-refractivity contribution in [3.05, 3.63) is 83.0 Å². The molecule has 0 amide bonds. The Kier molecular flexibility index (Phi) is 9.87. The summed E-state index contributed by atoms with van der Waals surface area (Å²) in [7, 11) is 0. The molecule has 4 rings (SSSR count). The highest BCUT2D eigenvalue weighted by Gasteiger charge is 2.37. The number of carbonyl (C=O) groups is 1. The van der Waals surface area contributed by atoms with Crippen LogP contribution in [-0.4, -0.2) is 12.6 Å². The number of allylic oxidation sites excluding steroid dienone is 3. The van der Waals surface area contributed by atoms with Gasteiger partial charge in [-0.1, -0.05) is 30.7 Å². The van der Waals surface area contributed by atoms with E-state index in [9.17, 15) is 13.6 Å². The normalized spacial score (nSPS) is 23.2. The van der Waals surface area contributed by atoms with Crippen LogP contribution >= 0.6 is 0 Å². The van der Waals surface area contributed by atoms with Gasteiger partial charge in [-0.25, -0.2) is 22.4 Å². The van der Waals surface area contributed by atoms with Gasteiger partial charge in [-0.15, -0.1) is 0 Å². The van der Waals surface area contributed by atoms with E-state index in [0.29, 0.717) is 18.3 Å². The highest BCUT2D eigenvalue weighted by Crippen LogP contribution is 2.49. The van der Waals surface area contributed by atoms with Crippen LogP contribution in [0, 0.1) is 41.0 Å². The summed E-state index contributed by atoms with van der Waals surface area (Å²) in [6.45, 7) is 3.74. The minimum absolute atomic E-state index is 0.0138. The lowest BCUT2D eigenvalue weighted by atomic mass is 9.63. The van der Waals surface area contributed by atoms with Gasteiger partial charge in [-0.05, 0) is 94.6 Å². The van der Waals surface area contributed by atoms with Gasteiger partial charge in [-0.2, -0.15) is 0 Å². The fraction of sp³-hybridized carbons (Fsp3) is 0.469. The van der Waals surface area contributed by atoms with Crippen molar-refractivity contribution in [2.75, 3.05) is 6.61 Å². The van der Waals surface area contributed by atoms with Gasteiger partial charge >= 0.3 is 5.97 Å². The van der Waals surface area contributed by atoms with Crippen LogP contribution in [-0.2, 0) is 0 Å². The van der Waals surface area contributed by atoms with Crippen molar-refractivity contribution in [2.45, 2.75) is 71.1 Å². The van der Waals surface area contributed by atoms with Gasteiger partial charge in [0.15, 0.2) is 17.4 Å². The maximum absolute atomic E-state index is 15.2. The van der Waals surface area contributed by atoms with E-state index in [-0.39, 0.29) is 23.7 Å². The van der Waals surface area contributed by atoms with E-state index in [1.165, 1.54) is 12.8 Å². The van der Waals surface area contributed by atoms with Crippen molar-refractivity contribution in [3.8, 4) is 11.5 Å². The zero-order chi connectivity index (χ0) is 27.9. The predicted molar refractivity (Wildman–Crippen MR) is 143 cm³/mol. The van der Waals surface area contributed by atoms with E-state index >= 15 is 8.78 Å². The van der Waals surface area contributed by atoms with E-state index in [0.717, 1.165) is 62.3 Å². The Bertz CT molecular complexity index is 1180. The maximum Gasteiger partial charge on any atom is 0.343 e. The first-order valence-corrected chi connectivity index (χ1v) is 13.9. The van der Waals surface area contributed by atoms with Crippen molar-refractivity contribution in [1.29, 1.82) is 0 Å². The Morgan fingerprint density at radius 1 is 0.846 bits per heavy atom. The van der Waals surface area contributed by atoms with Crippen LogP contribution in [0.1, 0.15) is 87.1 Å². The van der Waals surface area contributed by atoms with Crippen molar-refractivity contribution < 1.29 is 31.8 Å². The van der Waals surface area contributed by atoms with Gasteiger partial charge in [0, 0.05) is 17.7 Å². The maximum atomic E-state index is 15.2. The van der Waals surface area contributed by atoms with Crippen molar-refractivity contribution in [2.24, 2.45) is 17.8 Å². The fourth-order valence-corrected chi connectivity index (χ4v) is 6.23. The fourth-order valence-electron chi connectivity index (χ4n) is 6.23. The molecule has 0 heterocycles. The van der Waals surface area contributed by atoms with E-state index in [4.69, 9.17) is 9.47 Å². The van der Waals surface area contributed by atoms with Gasteiger partial charge in [0.25, 0.3) is 0 Å². The number of ether oxygens (including phenoxy) is 2. The number of benzene rings is 2. The number of rotatable bonds is 9. The lowest BCUT2D eigenvalue weighted by molar-refractivity contribution is 0.0732. The van der Waals surface area contributed by atoms with Crippen molar-refractivity contribution in [1.82, 2.24) is 0 Å². The molecular formula is C32H36F4O3. The molecule has 2 saturated carbocycles. The second kappa shape index (κ2) is 13.3. The average molecular weight is 545 g/mol. The molecule has 2 aromatic rings. The SMILES string of the molecule is C/C=C/CCC1CCC2CC(c3c(F)cc(C(=O)Oc4cc(F)c(OC/C=C/C)c(F)c4)cc3F)CCC2C1.